The van der Waals surface area contributed by atoms with E-state index in [1.807, 2.05) is 0 Å². The molecule has 0 saturated carbocycles. The fourth-order valence-electron chi connectivity index (χ4n) is 1.21. The van der Waals surface area contributed by atoms with Crippen LogP contribution in [0.15, 0.2) is 30.4 Å². The molecular weight excluding hydrogens is 450 g/mol. The number of carbonyl (C=O) groups is 1. The van der Waals surface area contributed by atoms with Crippen molar-refractivity contribution in [2.75, 3.05) is 11.1 Å². The number of nitrogens with one attached hydrogen (secondary N) is 1. The molecule has 0 aliphatic heterocycles. The Morgan fingerprint density at radius 1 is 1.33 bits per heavy atom. The Morgan fingerprint density at radius 2 is 2.06 bits per heavy atom. The minimum absolute atomic E-state index is 0.234. The molecule has 0 radical (unpaired) electrons. The Balaban J connectivity index is 2.24. The van der Waals surface area contributed by atoms with Crippen LogP contribution >= 0.6 is 59.1 Å². The SMILES string of the molecule is Nc1cnc(NC(=O)c2cc(Br)sc2Br)c(Br)c1. The van der Waals surface area contributed by atoms with E-state index in [2.05, 4.69) is 58.1 Å². The third-order valence-electron chi connectivity index (χ3n) is 2.00. The first kappa shape index (κ1) is 14.0. The summed E-state index contributed by atoms with van der Waals surface area (Å²) in [5, 5.41) is 2.71. The molecule has 1 amide bonds. The van der Waals surface area contributed by atoms with E-state index >= 15 is 0 Å². The van der Waals surface area contributed by atoms with Crippen LogP contribution in [0, 0.1) is 0 Å². The molecule has 0 saturated heterocycles. The topological polar surface area (TPSA) is 68.0 Å². The number of hydrogen-bond donors (Lipinski definition) is 2. The van der Waals surface area contributed by atoms with Crippen LogP contribution < -0.4 is 11.1 Å². The number of nitrogen functional groups attached to an aromatic ring is 1. The molecule has 2 rings (SSSR count). The van der Waals surface area contributed by atoms with Gasteiger partial charge in [-0.25, -0.2) is 4.98 Å². The highest BCUT2D eigenvalue weighted by Crippen LogP contribution is 2.32. The van der Waals surface area contributed by atoms with Gasteiger partial charge >= 0.3 is 0 Å². The zero-order chi connectivity index (χ0) is 13.3. The number of aromatic nitrogens is 1. The number of nitrogens with zero attached hydrogens (tertiary/aromatic N) is 1. The molecule has 0 bridgehead atoms. The Bertz CT molecular complexity index is 614. The number of pyridine rings is 1. The summed E-state index contributed by atoms with van der Waals surface area (Å²) in [6.45, 7) is 0. The summed E-state index contributed by atoms with van der Waals surface area (Å²) in [4.78, 5) is 16.1. The monoisotopic (exact) mass is 453 g/mol. The fourth-order valence-corrected chi connectivity index (χ4v) is 4.47. The van der Waals surface area contributed by atoms with Gasteiger partial charge in [0.15, 0.2) is 0 Å². The summed E-state index contributed by atoms with van der Waals surface area (Å²) >= 11 is 11.4. The lowest BCUT2D eigenvalue weighted by Gasteiger charge is -2.06. The summed E-state index contributed by atoms with van der Waals surface area (Å²) < 4.78 is 2.28. The number of nitrogens with two attached hydrogens (primary N) is 1. The molecule has 8 heteroatoms. The molecule has 0 fully saturated rings. The quantitative estimate of drug-likeness (QED) is 0.710. The van der Waals surface area contributed by atoms with E-state index in [1.165, 1.54) is 17.5 Å². The lowest BCUT2D eigenvalue weighted by molar-refractivity contribution is 0.102. The minimum atomic E-state index is -0.234. The summed E-state index contributed by atoms with van der Waals surface area (Å²) in [6, 6.07) is 3.43. The smallest absolute Gasteiger partial charge is 0.258 e. The number of hydrogen-bond acceptors (Lipinski definition) is 4. The Morgan fingerprint density at radius 3 is 2.61 bits per heavy atom. The van der Waals surface area contributed by atoms with Crippen molar-refractivity contribution in [3.05, 3.63) is 35.9 Å². The first-order valence-electron chi connectivity index (χ1n) is 4.64. The van der Waals surface area contributed by atoms with Crippen LogP contribution in [-0.4, -0.2) is 10.9 Å². The molecule has 0 aromatic carbocycles. The van der Waals surface area contributed by atoms with Crippen LogP contribution in [0.4, 0.5) is 11.5 Å². The summed E-state index contributed by atoms with van der Waals surface area (Å²) in [5.74, 6) is 0.199. The van der Waals surface area contributed by atoms with Gasteiger partial charge in [-0.05, 0) is 59.9 Å². The van der Waals surface area contributed by atoms with Crippen LogP contribution in [0.1, 0.15) is 10.4 Å². The van der Waals surface area contributed by atoms with Gasteiger partial charge in [0, 0.05) is 0 Å². The Kier molecular flexibility index (Phi) is 4.41. The Labute approximate surface area is 132 Å². The third-order valence-corrected chi connectivity index (χ3v) is 4.94. The second-order valence-corrected chi connectivity index (χ2v) is 7.89. The average Bonchev–Trinajstić information content (AvgIpc) is 2.62. The van der Waals surface area contributed by atoms with Crippen molar-refractivity contribution < 1.29 is 4.79 Å². The number of rotatable bonds is 2. The molecule has 18 heavy (non-hydrogen) atoms. The van der Waals surface area contributed by atoms with E-state index < -0.39 is 0 Å². The predicted octanol–water partition coefficient (Wildman–Crippen LogP) is 4.27. The summed E-state index contributed by atoms with van der Waals surface area (Å²) in [6.07, 6.45) is 1.49. The van der Waals surface area contributed by atoms with Crippen LogP contribution in [-0.2, 0) is 0 Å². The number of anilines is 2. The standard InChI is InChI=1S/C10H6Br3N3OS/c11-6-1-4(14)3-15-9(6)16-10(17)5-2-7(12)18-8(5)13/h1-3H,14H2,(H,15,16,17). The second kappa shape index (κ2) is 5.68. The molecule has 0 unspecified atom stereocenters. The van der Waals surface area contributed by atoms with Crippen LogP contribution in [0.3, 0.4) is 0 Å². The van der Waals surface area contributed by atoms with Crippen LogP contribution in [0.25, 0.3) is 0 Å². The van der Waals surface area contributed by atoms with Gasteiger partial charge in [-0.15, -0.1) is 11.3 Å². The highest BCUT2D eigenvalue weighted by Gasteiger charge is 2.15. The normalized spacial score (nSPS) is 10.4. The van der Waals surface area contributed by atoms with Gasteiger partial charge < -0.3 is 11.1 Å². The van der Waals surface area contributed by atoms with E-state index in [0.29, 0.717) is 21.5 Å². The maximum absolute atomic E-state index is 12.0. The highest BCUT2D eigenvalue weighted by molar-refractivity contribution is 9.12. The van der Waals surface area contributed by atoms with E-state index in [0.717, 1.165) is 7.57 Å². The largest absolute Gasteiger partial charge is 0.397 e. The van der Waals surface area contributed by atoms with Crippen LogP contribution in [0.5, 0.6) is 0 Å². The Hall–Kier alpha value is -0.440. The molecule has 0 aliphatic carbocycles. The van der Waals surface area contributed by atoms with Crippen molar-refractivity contribution in [2.24, 2.45) is 0 Å². The zero-order valence-corrected chi connectivity index (χ0v) is 14.3. The summed E-state index contributed by atoms with van der Waals surface area (Å²) in [7, 11) is 0. The molecule has 0 atom stereocenters. The molecule has 4 nitrogen and oxygen atoms in total. The highest BCUT2D eigenvalue weighted by atomic mass is 79.9. The predicted molar refractivity (Wildman–Crippen MR) is 84.0 cm³/mol. The molecule has 2 aromatic rings. The lowest BCUT2D eigenvalue weighted by atomic mass is 10.3. The molecule has 2 aromatic heterocycles. The molecule has 94 valence electrons. The van der Waals surface area contributed by atoms with E-state index in [1.54, 1.807) is 12.1 Å². The molecule has 2 heterocycles. The van der Waals surface area contributed by atoms with Gasteiger partial charge in [0.05, 0.1) is 29.5 Å². The number of halogens is 3. The first-order valence-corrected chi connectivity index (χ1v) is 7.84. The maximum Gasteiger partial charge on any atom is 0.258 e. The van der Waals surface area contributed by atoms with Gasteiger partial charge in [-0.2, -0.15) is 0 Å². The molecular formula is C10H6Br3N3OS. The van der Waals surface area contributed by atoms with Crippen molar-refractivity contribution in [1.82, 2.24) is 4.98 Å². The number of thiophene rings is 1. The second-order valence-electron chi connectivity index (χ2n) is 3.29. The van der Waals surface area contributed by atoms with E-state index in [9.17, 15) is 4.79 Å². The zero-order valence-electron chi connectivity index (χ0n) is 8.71. The van der Waals surface area contributed by atoms with Gasteiger partial charge in [0.25, 0.3) is 5.91 Å². The van der Waals surface area contributed by atoms with E-state index in [-0.39, 0.29) is 5.91 Å². The van der Waals surface area contributed by atoms with Crippen molar-refractivity contribution in [3.8, 4) is 0 Å². The lowest BCUT2D eigenvalue weighted by Crippen LogP contribution is -2.13. The van der Waals surface area contributed by atoms with Gasteiger partial charge in [0.1, 0.15) is 5.82 Å². The van der Waals surface area contributed by atoms with Gasteiger partial charge in [0.2, 0.25) is 0 Å². The summed E-state index contributed by atoms with van der Waals surface area (Å²) in [5.41, 5.74) is 6.66. The van der Waals surface area contributed by atoms with Gasteiger partial charge in [-0.1, -0.05) is 0 Å². The molecule has 3 N–H and O–H groups in total. The fraction of sp³-hybridized carbons (Fsp3) is 0. The van der Waals surface area contributed by atoms with E-state index in [4.69, 9.17) is 5.73 Å². The maximum atomic E-state index is 12.0. The number of amides is 1. The minimum Gasteiger partial charge on any atom is -0.397 e. The molecule has 0 aliphatic rings. The van der Waals surface area contributed by atoms with Gasteiger partial charge in [-0.3, -0.25) is 4.79 Å². The van der Waals surface area contributed by atoms with Crippen molar-refractivity contribution in [2.45, 2.75) is 0 Å². The molecule has 0 spiro atoms. The van der Waals surface area contributed by atoms with Crippen molar-refractivity contribution in [3.63, 3.8) is 0 Å². The van der Waals surface area contributed by atoms with Crippen molar-refractivity contribution in [1.29, 1.82) is 0 Å². The third kappa shape index (κ3) is 3.11. The first-order chi connectivity index (χ1) is 8.47. The number of carbonyl (C=O) groups excluding carboxylic acids is 1. The van der Waals surface area contributed by atoms with Crippen molar-refractivity contribution >= 4 is 76.5 Å². The van der Waals surface area contributed by atoms with Crippen LogP contribution in [0.2, 0.25) is 0 Å². The average molecular weight is 456 g/mol.